The van der Waals surface area contributed by atoms with E-state index in [1.54, 1.807) is 23.1 Å². The Labute approximate surface area is 122 Å². The molecule has 1 amide bonds. The minimum Gasteiger partial charge on any atom is -0.478 e. The summed E-state index contributed by atoms with van der Waals surface area (Å²) in [5.74, 6) is -0.984. The highest BCUT2D eigenvalue weighted by Crippen LogP contribution is 2.30. The molecule has 1 atom stereocenters. The summed E-state index contributed by atoms with van der Waals surface area (Å²) in [4.78, 5) is 25.2. The van der Waals surface area contributed by atoms with Crippen LogP contribution in [0, 0.1) is 0 Å². The second kappa shape index (κ2) is 5.83. The van der Waals surface area contributed by atoms with Gasteiger partial charge < -0.3 is 20.1 Å². The summed E-state index contributed by atoms with van der Waals surface area (Å²) in [6.07, 6.45) is 0.993. The van der Waals surface area contributed by atoms with E-state index in [-0.39, 0.29) is 17.6 Å². The SMILES string of the molecule is O=C(O)c1ccc2c(c1)N(C(=O)CC1CNCCO1)CC2. The number of carboxylic acids is 1. The Morgan fingerprint density at radius 2 is 2.29 bits per heavy atom. The molecule has 2 aliphatic heterocycles. The minimum atomic E-state index is -0.975. The molecule has 1 unspecified atom stereocenters. The molecular weight excluding hydrogens is 272 g/mol. The van der Waals surface area contributed by atoms with E-state index in [4.69, 9.17) is 9.84 Å². The van der Waals surface area contributed by atoms with Crippen molar-refractivity contribution >= 4 is 17.6 Å². The van der Waals surface area contributed by atoms with Gasteiger partial charge in [-0.05, 0) is 24.1 Å². The van der Waals surface area contributed by atoms with E-state index in [1.807, 2.05) is 0 Å². The largest absolute Gasteiger partial charge is 0.478 e. The number of anilines is 1. The average molecular weight is 290 g/mol. The van der Waals surface area contributed by atoms with E-state index in [9.17, 15) is 9.59 Å². The summed E-state index contributed by atoms with van der Waals surface area (Å²) in [6, 6.07) is 4.97. The molecule has 21 heavy (non-hydrogen) atoms. The number of hydrogen-bond acceptors (Lipinski definition) is 4. The van der Waals surface area contributed by atoms with Gasteiger partial charge in [0.2, 0.25) is 5.91 Å². The highest BCUT2D eigenvalue weighted by atomic mass is 16.5. The summed E-state index contributed by atoms with van der Waals surface area (Å²) >= 11 is 0. The standard InChI is InChI=1S/C15H18N2O4/c18-14(8-12-9-16-4-6-21-12)17-5-3-10-1-2-11(15(19)20)7-13(10)17/h1-2,7,12,16H,3-6,8-9H2,(H,19,20). The van der Waals surface area contributed by atoms with Crippen molar-refractivity contribution in [2.24, 2.45) is 0 Å². The maximum Gasteiger partial charge on any atom is 0.335 e. The molecule has 1 aromatic carbocycles. The molecule has 2 heterocycles. The highest BCUT2D eigenvalue weighted by Gasteiger charge is 2.28. The predicted molar refractivity (Wildman–Crippen MR) is 76.7 cm³/mol. The number of benzene rings is 1. The molecule has 112 valence electrons. The van der Waals surface area contributed by atoms with Gasteiger partial charge in [-0.2, -0.15) is 0 Å². The van der Waals surface area contributed by atoms with Gasteiger partial charge in [0.05, 0.1) is 24.7 Å². The second-order valence-electron chi connectivity index (χ2n) is 5.35. The van der Waals surface area contributed by atoms with Gasteiger partial charge >= 0.3 is 5.97 Å². The number of fused-ring (bicyclic) bond motifs is 1. The summed E-state index contributed by atoms with van der Waals surface area (Å²) < 4.78 is 5.55. The molecule has 0 saturated carbocycles. The van der Waals surface area contributed by atoms with E-state index in [0.717, 1.165) is 24.2 Å². The normalized spacial score (nSPS) is 21.1. The molecule has 0 radical (unpaired) electrons. The van der Waals surface area contributed by atoms with Crippen molar-refractivity contribution in [3.8, 4) is 0 Å². The number of carboxylic acid groups (broad SMARTS) is 1. The van der Waals surface area contributed by atoms with Crippen LogP contribution in [0.3, 0.4) is 0 Å². The highest BCUT2D eigenvalue weighted by molar-refractivity contribution is 5.98. The molecule has 6 nitrogen and oxygen atoms in total. The smallest absolute Gasteiger partial charge is 0.335 e. The first-order chi connectivity index (χ1) is 10.1. The Balaban J connectivity index is 1.74. The summed E-state index contributed by atoms with van der Waals surface area (Å²) in [5.41, 5.74) is 1.96. The lowest BCUT2D eigenvalue weighted by Crippen LogP contribution is -2.42. The van der Waals surface area contributed by atoms with Gasteiger partial charge in [-0.3, -0.25) is 4.79 Å². The number of rotatable bonds is 3. The van der Waals surface area contributed by atoms with Crippen molar-refractivity contribution in [1.82, 2.24) is 5.32 Å². The maximum atomic E-state index is 12.4. The van der Waals surface area contributed by atoms with E-state index in [2.05, 4.69) is 5.32 Å². The average Bonchev–Trinajstić information content (AvgIpc) is 2.91. The molecule has 3 rings (SSSR count). The van der Waals surface area contributed by atoms with Crippen molar-refractivity contribution in [2.45, 2.75) is 18.9 Å². The van der Waals surface area contributed by atoms with Crippen LogP contribution in [0.25, 0.3) is 0 Å². The number of nitrogens with zero attached hydrogens (tertiary/aromatic N) is 1. The van der Waals surface area contributed by atoms with Crippen LogP contribution in [-0.4, -0.2) is 49.3 Å². The zero-order chi connectivity index (χ0) is 14.8. The van der Waals surface area contributed by atoms with Crippen molar-refractivity contribution in [2.75, 3.05) is 31.1 Å². The van der Waals surface area contributed by atoms with Crippen LogP contribution in [-0.2, 0) is 16.0 Å². The molecular formula is C15H18N2O4. The fourth-order valence-corrected chi connectivity index (χ4v) is 2.83. The van der Waals surface area contributed by atoms with E-state index in [0.29, 0.717) is 26.1 Å². The van der Waals surface area contributed by atoms with Gasteiger partial charge in [-0.15, -0.1) is 0 Å². The zero-order valence-electron chi connectivity index (χ0n) is 11.7. The summed E-state index contributed by atoms with van der Waals surface area (Å²) in [7, 11) is 0. The number of aromatic carboxylic acids is 1. The number of ether oxygens (including phenoxy) is 1. The van der Waals surface area contributed by atoms with E-state index < -0.39 is 5.97 Å². The monoisotopic (exact) mass is 290 g/mol. The maximum absolute atomic E-state index is 12.4. The van der Waals surface area contributed by atoms with Crippen LogP contribution in [0.15, 0.2) is 18.2 Å². The first-order valence-electron chi connectivity index (χ1n) is 7.14. The van der Waals surface area contributed by atoms with Gasteiger partial charge in [-0.1, -0.05) is 6.07 Å². The lowest BCUT2D eigenvalue weighted by Gasteiger charge is -2.25. The summed E-state index contributed by atoms with van der Waals surface area (Å²) in [5, 5.41) is 12.3. The van der Waals surface area contributed by atoms with Gasteiger partial charge in [0, 0.05) is 25.3 Å². The topological polar surface area (TPSA) is 78.9 Å². The first-order valence-corrected chi connectivity index (χ1v) is 7.14. The Bertz CT molecular complexity index is 567. The molecule has 2 aliphatic rings. The Morgan fingerprint density at radius 3 is 3.00 bits per heavy atom. The molecule has 2 N–H and O–H groups in total. The Morgan fingerprint density at radius 1 is 1.43 bits per heavy atom. The second-order valence-corrected chi connectivity index (χ2v) is 5.35. The number of nitrogens with one attached hydrogen (secondary N) is 1. The summed E-state index contributed by atoms with van der Waals surface area (Å²) in [6.45, 7) is 2.73. The van der Waals surface area contributed by atoms with Crippen LogP contribution >= 0.6 is 0 Å². The van der Waals surface area contributed by atoms with Gasteiger partial charge in [0.15, 0.2) is 0 Å². The predicted octanol–water partition coefficient (Wildman–Crippen LogP) is 0.652. The fraction of sp³-hybridized carbons (Fsp3) is 0.467. The van der Waals surface area contributed by atoms with Gasteiger partial charge in [-0.25, -0.2) is 4.79 Å². The molecule has 0 aromatic heterocycles. The Hall–Kier alpha value is -1.92. The minimum absolute atomic E-state index is 0.00927. The number of hydrogen-bond donors (Lipinski definition) is 2. The first kappa shape index (κ1) is 14.0. The molecule has 0 bridgehead atoms. The van der Waals surface area contributed by atoms with Crippen LogP contribution in [0.1, 0.15) is 22.3 Å². The van der Waals surface area contributed by atoms with Crippen LogP contribution < -0.4 is 10.2 Å². The van der Waals surface area contributed by atoms with Gasteiger partial charge in [0.25, 0.3) is 0 Å². The molecule has 6 heteroatoms. The lowest BCUT2D eigenvalue weighted by atomic mass is 10.1. The lowest BCUT2D eigenvalue weighted by molar-refractivity contribution is -0.121. The molecule has 1 aromatic rings. The van der Waals surface area contributed by atoms with E-state index in [1.165, 1.54) is 0 Å². The molecule has 0 aliphatic carbocycles. The van der Waals surface area contributed by atoms with E-state index >= 15 is 0 Å². The number of carbonyl (C=O) groups excluding carboxylic acids is 1. The van der Waals surface area contributed by atoms with Crippen molar-refractivity contribution in [3.63, 3.8) is 0 Å². The quantitative estimate of drug-likeness (QED) is 0.854. The van der Waals surface area contributed by atoms with Crippen LogP contribution in [0.5, 0.6) is 0 Å². The third-order valence-electron chi connectivity index (χ3n) is 3.94. The molecule has 1 saturated heterocycles. The molecule has 0 spiro atoms. The number of amides is 1. The van der Waals surface area contributed by atoms with Gasteiger partial charge in [0.1, 0.15) is 0 Å². The van der Waals surface area contributed by atoms with Crippen molar-refractivity contribution in [3.05, 3.63) is 29.3 Å². The van der Waals surface area contributed by atoms with Crippen molar-refractivity contribution < 1.29 is 19.4 Å². The Kier molecular flexibility index (Phi) is 3.90. The molecule has 1 fully saturated rings. The third-order valence-corrected chi connectivity index (χ3v) is 3.94. The number of morpholine rings is 1. The van der Waals surface area contributed by atoms with Crippen molar-refractivity contribution in [1.29, 1.82) is 0 Å². The fourth-order valence-electron chi connectivity index (χ4n) is 2.83. The van der Waals surface area contributed by atoms with Crippen LogP contribution in [0.4, 0.5) is 5.69 Å². The van der Waals surface area contributed by atoms with Crippen LogP contribution in [0.2, 0.25) is 0 Å². The zero-order valence-corrected chi connectivity index (χ0v) is 11.7. The third kappa shape index (κ3) is 2.91. The number of carbonyl (C=O) groups is 2.